The maximum atomic E-state index is 13.3. The Morgan fingerprint density at radius 2 is 1.69 bits per heavy atom. The number of benzene rings is 2. The fourth-order valence-corrected chi connectivity index (χ4v) is 4.84. The van der Waals surface area contributed by atoms with Crippen molar-refractivity contribution in [1.29, 1.82) is 0 Å². The highest BCUT2D eigenvalue weighted by atomic mass is 35.5. The van der Waals surface area contributed by atoms with E-state index in [1.54, 1.807) is 30.0 Å². The van der Waals surface area contributed by atoms with Crippen LogP contribution < -0.4 is 5.32 Å². The van der Waals surface area contributed by atoms with Crippen molar-refractivity contribution in [3.05, 3.63) is 94.7 Å². The van der Waals surface area contributed by atoms with Gasteiger partial charge in [-0.05, 0) is 30.2 Å². The minimum atomic E-state index is -0.621. The van der Waals surface area contributed by atoms with Crippen LogP contribution in [0.1, 0.15) is 24.1 Å². The first kappa shape index (κ1) is 25.9. The molecule has 1 atom stereocenters. The molecule has 2 aliphatic rings. The SMILES string of the molecule is C=CCN1C(=O)NC(c2ccc(Cl)cc2)C(C(=O)OCC)=C1CN1CCN(Cc2ccccc2)CC1. The number of piperazine rings is 1. The molecular formula is C28H33ClN4O3. The molecule has 7 nitrogen and oxygen atoms in total. The third-order valence-corrected chi connectivity index (χ3v) is 6.79. The van der Waals surface area contributed by atoms with Crippen molar-refractivity contribution in [2.75, 3.05) is 45.9 Å². The summed E-state index contributed by atoms with van der Waals surface area (Å²) in [6, 6.07) is 16.7. The van der Waals surface area contributed by atoms with Crippen molar-refractivity contribution in [1.82, 2.24) is 20.0 Å². The normalized spacial score (nSPS) is 19.2. The minimum absolute atomic E-state index is 0.247. The van der Waals surface area contributed by atoms with E-state index >= 15 is 0 Å². The Kier molecular flexibility index (Phi) is 8.80. The standard InChI is InChI=1S/C28H33ClN4O3/c1-3-14-33-24(20-32-17-15-31(16-18-32)19-21-8-6-5-7-9-21)25(27(34)36-4-2)26(30-28(33)35)22-10-12-23(29)13-11-22/h3,5-13,26H,1,4,14-20H2,2H3,(H,30,35). The summed E-state index contributed by atoms with van der Waals surface area (Å²) in [5, 5.41) is 3.58. The van der Waals surface area contributed by atoms with Crippen LogP contribution in [0.5, 0.6) is 0 Å². The molecule has 0 spiro atoms. The van der Waals surface area contributed by atoms with Gasteiger partial charge in [-0.25, -0.2) is 9.59 Å². The molecule has 8 heteroatoms. The van der Waals surface area contributed by atoms with Gasteiger partial charge in [-0.2, -0.15) is 0 Å². The molecule has 0 saturated carbocycles. The third-order valence-electron chi connectivity index (χ3n) is 6.54. The van der Waals surface area contributed by atoms with Crippen LogP contribution in [0.3, 0.4) is 0 Å². The Labute approximate surface area is 218 Å². The second-order valence-corrected chi connectivity index (χ2v) is 9.39. The zero-order valence-electron chi connectivity index (χ0n) is 20.7. The summed E-state index contributed by atoms with van der Waals surface area (Å²) in [5.74, 6) is -0.427. The van der Waals surface area contributed by atoms with Gasteiger partial charge in [0.05, 0.1) is 18.2 Å². The van der Waals surface area contributed by atoms with Gasteiger partial charge < -0.3 is 10.1 Å². The third kappa shape index (κ3) is 6.16. The molecule has 2 aromatic carbocycles. The average molecular weight is 509 g/mol. The molecule has 2 aliphatic heterocycles. The zero-order chi connectivity index (χ0) is 25.5. The van der Waals surface area contributed by atoms with Crippen LogP contribution >= 0.6 is 11.6 Å². The first-order chi connectivity index (χ1) is 17.5. The van der Waals surface area contributed by atoms with Gasteiger partial charge in [-0.3, -0.25) is 14.7 Å². The van der Waals surface area contributed by atoms with Gasteiger partial charge in [0.15, 0.2) is 0 Å². The lowest BCUT2D eigenvalue weighted by Gasteiger charge is -2.40. The number of rotatable bonds is 9. The number of carbonyl (C=O) groups is 2. The first-order valence-corrected chi connectivity index (χ1v) is 12.7. The van der Waals surface area contributed by atoms with Gasteiger partial charge in [0.25, 0.3) is 0 Å². The molecule has 2 heterocycles. The van der Waals surface area contributed by atoms with Gasteiger partial charge in [0, 0.05) is 56.5 Å². The van der Waals surface area contributed by atoms with Crippen LogP contribution in [0.2, 0.25) is 5.02 Å². The Hall–Kier alpha value is -3.13. The number of urea groups is 1. The number of carbonyl (C=O) groups excluding carboxylic acids is 2. The molecule has 0 bridgehead atoms. The van der Waals surface area contributed by atoms with Crippen LogP contribution in [0.4, 0.5) is 4.79 Å². The molecule has 2 aromatic rings. The summed E-state index contributed by atoms with van der Waals surface area (Å²) < 4.78 is 5.47. The molecule has 0 aromatic heterocycles. The zero-order valence-corrected chi connectivity index (χ0v) is 21.4. The lowest BCUT2D eigenvalue weighted by atomic mass is 9.94. The topological polar surface area (TPSA) is 65.1 Å². The number of amides is 2. The van der Waals surface area contributed by atoms with Crippen LogP contribution in [0, 0.1) is 0 Å². The van der Waals surface area contributed by atoms with E-state index in [1.165, 1.54) is 5.56 Å². The molecule has 0 radical (unpaired) electrons. The molecule has 0 aliphatic carbocycles. The summed E-state index contributed by atoms with van der Waals surface area (Å²) in [6.07, 6.45) is 1.67. The second kappa shape index (κ2) is 12.2. The van der Waals surface area contributed by atoms with E-state index in [4.69, 9.17) is 16.3 Å². The number of esters is 1. The van der Waals surface area contributed by atoms with E-state index in [2.05, 4.69) is 46.0 Å². The van der Waals surface area contributed by atoms with Gasteiger partial charge in [-0.15, -0.1) is 6.58 Å². The maximum absolute atomic E-state index is 13.3. The summed E-state index contributed by atoms with van der Waals surface area (Å²) in [7, 11) is 0. The smallest absolute Gasteiger partial charge is 0.338 e. The van der Waals surface area contributed by atoms with Crippen molar-refractivity contribution in [3.8, 4) is 0 Å². The van der Waals surface area contributed by atoms with E-state index < -0.39 is 12.0 Å². The van der Waals surface area contributed by atoms with Gasteiger partial charge in [-0.1, -0.05) is 60.1 Å². The molecule has 1 fully saturated rings. The summed E-state index contributed by atoms with van der Waals surface area (Å²) in [6.45, 7) is 11.0. The predicted molar refractivity (Wildman–Crippen MR) is 141 cm³/mol. The summed E-state index contributed by atoms with van der Waals surface area (Å²) in [4.78, 5) is 32.8. The van der Waals surface area contributed by atoms with E-state index in [0.717, 1.165) is 38.3 Å². The summed E-state index contributed by atoms with van der Waals surface area (Å²) >= 11 is 6.09. The van der Waals surface area contributed by atoms with Crippen molar-refractivity contribution in [3.63, 3.8) is 0 Å². The Morgan fingerprint density at radius 3 is 2.31 bits per heavy atom. The van der Waals surface area contributed by atoms with Crippen molar-refractivity contribution >= 4 is 23.6 Å². The highest BCUT2D eigenvalue weighted by Crippen LogP contribution is 2.33. The molecule has 2 amide bonds. The van der Waals surface area contributed by atoms with E-state index in [0.29, 0.717) is 29.4 Å². The fourth-order valence-electron chi connectivity index (χ4n) is 4.71. The molecule has 1 unspecified atom stereocenters. The average Bonchev–Trinajstić information content (AvgIpc) is 2.88. The number of hydrogen-bond donors (Lipinski definition) is 1. The van der Waals surface area contributed by atoms with Gasteiger partial charge >= 0.3 is 12.0 Å². The summed E-state index contributed by atoms with van der Waals surface area (Å²) in [5.41, 5.74) is 3.19. The first-order valence-electron chi connectivity index (χ1n) is 12.3. The lowest BCUT2D eigenvalue weighted by molar-refractivity contribution is -0.139. The van der Waals surface area contributed by atoms with Crippen LogP contribution in [0.25, 0.3) is 0 Å². The van der Waals surface area contributed by atoms with Crippen molar-refractivity contribution in [2.24, 2.45) is 0 Å². The number of ether oxygens (including phenoxy) is 1. The van der Waals surface area contributed by atoms with Crippen LogP contribution in [0.15, 0.2) is 78.5 Å². The molecular weight excluding hydrogens is 476 g/mol. The molecule has 1 saturated heterocycles. The quantitative estimate of drug-likeness (QED) is 0.405. The minimum Gasteiger partial charge on any atom is -0.463 e. The fraction of sp³-hybridized carbons (Fsp3) is 0.357. The monoisotopic (exact) mass is 508 g/mol. The van der Waals surface area contributed by atoms with E-state index in [1.807, 2.05) is 18.2 Å². The molecule has 1 N–H and O–H groups in total. The Bertz CT molecular complexity index is 1100. The molecule has 190 valence electrons. The highest BCUT2D eigenvalue weighted by molar-refractivity contribution is 6.30. The molecule has 4 rings (SSSR count). The number of halogens is 1. The van der Waals surface area contributed by atoms with E-state index in [9.17, 15) is 9.59 Å². The maximum Gasteiger partial charge on any atom is 0.338 e. The number of nitrogens with one attached hydrogen (secondary N) is 1. The van der Waals surface area contributed by atoms with Gasteiger partial charge in [0.1, 0.15) is 0 Å². The number of nitrogens with zero attached hydrogens (tertiary/aromatic N) is 3. The second-order valence-electron chi connectivity index (χ2n) is 8.95. The Balaban J connectivity index is 1.60. The van der Waals surface area contributed by atoms with Crippen LogP contribution in [-0.2, 0) is 16.1 Å². The van der Waals surface area contributed by atoms with E-state index in [-0.39, 0.29) is 12.6 Å². The van der Waals surface area contributed by atoms with Crippen LogP contribution in [-0.4, -0.2) is 72.6 Å². The molecule has 36 heavy (non-hydrogen) atoms. The van der Waals surface area contributed by atoms with Crippen molar-refractivity contribution in [2.45, 2.75) is 19.5 Å². The predicted octanol–water partition coefficient (Wildman–Crippen LogP) is 4.23. The van der Waals surface area contributed by atoms with Gasteiger partial charge in [0.2, 0.25) is 0 Å². The number of hydrogen-bond acceptors (Lipinski definition) is 5. The largest absolute Gasteiger partial charge is 0.463 e. The van der Waals surface area contributed by atoms with Crippen molar-refractivity contribution < 1.29 is 14.3 Å². The highest BCUT2D eigenvalue weighted by Gasteiger charge is 2.38. The Morgan fingerprint density at radius 1 is 1.06 bits per heavy atom. The lowest BCUT2D eigenvalue weighted by Crippen LogP contribution is -2.53.